The number of Topliss-reactive ketones (excluding diaryl/α,β-unsaturated/α-hetero) is 1. The van der Waals surface area contributed by atoms with Crippen molar-refractivity contribution >= 4 is 17.4 Å². The van der Waals surface area contributed by atoms with Crippen molar-refractivity contribution in [3.05, 3.63) is 71.0 Å². The molecule has 186 valence electrons. The molecule has 0 radical (unpaired) electrons. The van der Waals surface area contributed by atoms with Crippen LogP contribution >= 0.6 is 0 Å². The van der Waals surface area contributed by atoms with Crippen molar-refractivity contribution in [1.82, 2.24) is 9.80 Å². The molecule has 0 aromatic heterocycles. The van der Waals surface area contributed by atoms with Crippen LogP contribution < -0.4 is 4.74 Å². The Morgan fingerprint density at radius 3 is 2.34 bits per heavy atom. The Hall–Kier alpha value is -3.23. The minimum atomic E-state index is -0.812. The molecule has 0 aliphatic carbocycles. The predicted octanol–water partition coefficient (Wildman–Crippen LogP) is 3.61. The molecule has 2 aliphatic heterocycles. The van der Waals surface area contributed by atoms with Gasteiger partial charge in [0.15, 0.2) is 0 Å². The summed E-state index contributed by atoms with van der Waals surface area (Å²) in [6, 6.07) is 11.6. The monoisotopic (exact) mass is 482 g/mol. The molecule has 4 rings (SSSR count). The van der Waals surface area contributed by atoms with Gasteiger partial charge in [-0.05, 0) is 47.9 Å². The number of hydrogen-bond donors (Lipinski definition) is 1. The van der Waals surface area contributed by atoms with E-state index in [4.69, 9.17) is 9.47 Å². The third-order valence-corrected chi connectivity index (χ3v) is 6.20. The summed E-state index contributed by atoms with van der Waals surface area (Å²) >= 11 is 0. The Morgan fingerprint density at radius 2 is 1.71 bits per heavy atom. The molecule has 1 atom stereocenters. The number of halogens is 1. The van der Waals surface area contributed by atoms with Gasteiger partial charge in [0.05, 0.1) is 31.4 Å². The number of aliphatic hydroxyl groups is 1. The number of carbonyl (C=O) groups is 2. The van der Waals surface area contributed by atoms with Gasteiger partial charge in [0.25, 0.3) is 11.7 Å². The van der Waals surface area contributed by atoms with Crippen LogP contribution in [0.4, 0.5) is 4.39 Å². The average Bonchev–Trinajstić information content (AvgIpc) is 3.12. The minimum Gasteiger partial charge on any atom is -0.507 e. The van der Waals surface area contributed by atoms with Gasteiger partial charge in [-0.3, -0.25) is 14.5 Å². The van der Waals surface area contributed by atoms with Gasteiger partial charge < -0.3 is 19.5 Å². The fourth-order valence-electron chi connectivity index (χ4n) is 4.30. The summed E-state index contributed by atoms with van der Waals surface area (Å²) in [6.45, 7) is 8.26. The van der Waals surface area contributed by atoms with Crippen molar-refractivity contribution in [3.8, 4) is 5.75 Å². The number of rotatable bonds is 8. The lowest BCUT2D eigenvalue weighted by atomic mass is 9.95. The molecule has 2 aromatic rings. The van der Waals surface area contributed by atoms with Gasteiger partial charge in [-0.1, -0.05) is 26.0 Å². The Labute approximate surface area is 204 Å². The number of hydrogen-bond acceptors (Lipinski definition) is 6. The quantitative estimate of drug-likeness (QED) is 0.352. The predicted molar refractivity (Wildman–Crippen MR) is 129 cm³/mol. The van der Waals surface area contributed by atoms with Crippen LogP contribution in [-0.4, -0.2) is 72.6 Å². The molecule has 0 spiro atoms. The lowest BCUT2D eigenvalue weighted by molar-refractivity contribution is -0.140. The van der Waals surface area contributed by atoms with E-state index in [9.17, 15) is 19.1 Å². The van der Waals surface area contributed by atoms with Crippen LogP contribution in [-0.2, 0) is 14.3 Å². The third-order valence-electron chi connectivity index (χ3n) is 6.20. The van der Waals surface area contributed by atoms with E-state index < -0.39 is 23.5 Å². The minimum absolute atomic E-state index is 0.000524. The fourth-order valence-corrected chi connectivity index (χ4v) is 4.30. The maximum absolute atomic E-state index is 13.6. The summed E-state index contributed by atoms with van der Waals surface area (Å²) < 4.78 is 24.7. The van der Waals surface area contributed by atoms with Crippen LogP contribution in [0.25, 0.3) is 5.76 Å². The largest absolute Gasteiger partial charge is 0.507 e. The molecule has 0 saturated carbocycles. The van der Waals surface area contributed by atoms with Crippen LogP contribution in [0.2, 0.25) is 0 Å². The molecule has 1 amide bonds. The van der Waals surface area contributed by atoms with Crippen LogP contribution in [0.15, 0.2) is 54.1 Å². The number of benzene rings is 2. The number of morpholine rings is 1. The first-order valence-corrected chi connectivity index (χ1v) is 11.9. The van der Waals surface area contributed by atoms with Gasteiger partial charge in [-0.2, -0.15) is 0 Å². The molecule has 1 N–H and O–H groups in total. The van der Waals surface area contributed by atoms with E-state index >= 15 is 0 Å². The second-order valence-corrected chi connectivity index (χ2v) is 9.23. The van der Waals surface area contributed by atoms with Crippen molar-refractivity contribution in [2.75, 3.05) is 46.0 Å². The number of ketones is 1. The summed E-state index contributed by atoms with van der Waals surface area (Å²) in [7, 11) is 0. The topological polar surface area (TPSA) is 79.3 Å². The molecule has 0 bridgehead atoms. The molecule has 1 unspecified atom stereocenters. The highest BCUT2D eigenvalue weighted by Crippen LogP contribution is 2.39. The van der Waals surface area contributed by atoms with E-state index in [2.05, 4.69) is 4.90 Å². The van der Waals surface area contributed by atoms with Gasteiger partial charge in [-0.25, -0.2) is 4.39 Å². The fraction of sp³-hybridized carbons (Fsp3) is 0.407. The third kappa shape index (κ3) is 5.71. The van der Waals surface area contributed by atoms with Crippen LogP contribution in [0, 0.1) is 11.7 Å². The van der Waals surface area contributed by atoms with Crippen molar-refractivity contribution < 1.29 is 28.6 Å². The van der Waals surface area contributed by atoms with Crippen LogP contribution in [0.3, 0.4) is 0 Å². The molecule has 35 heavy (non-hydrogen) atoms. The molecule has 2 saturated heterocycles. The molecule has 2 fully saturated rings. The van der Waals surface area contributed by atoms with E-state index in [1.54, 1.807) is 36.4 Å². The highest BCUT2D eigenvalue weighted by molar-refractivity contribution is 6.46. The number of likely N-dealkylation sites (tertiary alicyclic amines) is 1. The number of nitrogens with zero attached hydrogens (tertiary/aromatic N) is 2. The Morgan fingerprint density at radius 1 is 1.06 bits per heavy atom. The molecular formula is C27H31FN2O5. The summed E-state index contributed by atoms with van der Waals surface area (Å²) in [4.78, 5) is 29.8. The van der Waals surface area contributed by atoms with E-state index in [-0.39, 0.29) is 11.3 Å². The molecule has 8 heteroatoms. The zero-order chi connectivity index (χ0) is 24.9. The highest BCUT2D eigenvalue weighted by atomic mass is 19.1. The number of ether oxygens (including phenoxy) is 2. The SMILES string of the molecule is CC(C)COc1ccc(C(O)=C2C(=O)C(=O)N(CCN3CCOCC3)C2c2ccc(F)cc2)cc1. The van der Waals surface area contributed by atoms with Gasteiger partial charge in [-0.15, -0.1) is 0 Å². The lowest BCUT2D eigenvalue weighted by Gasteiger charge is -2.31. The number of carbonyl (C=O) groups excluding carboxylic acids is 2. The van der Waals surface area contributed by atoms with Crippen LogP contribution in [0.5, 0.6) is 5.75 Å². The van der Waals surface area contributed by atoms with Gasteiger partial charge in [0.1, 0.15) is 17.3 Å². The van der Waals surface area contributed by atoms with Crippen molar-refractivity contribution in [2.24, 2.45) is 5.92 Å². The smallest absolute Gasteiger partial charge is 0.295 e. The van der Waals surface area contributed by atoms with E-state index in [1.165, 1.54) is 17.0 Å². The van der Waals surface area contributed by atoms with Gasteiger partial charge in [0.2, 0.25) is 0 Å². The van der Waals surface area contributed by atoms with Crippen LogP contribution in [0.1, 0.15) is 31.0 Å². The number of aliphatic hydroxyl groups excluding tert-OH is 1. The first-order chi connectivity index (χ1) is 16.8. The zero-order valence-electron chi connectivity index (χ0n) is 20.1. The van der Waals surface area contributed by atoms with Gasteiger partial charge >= 0.3 is 0 Å². The normalized spacial score (nSPS) is 20.6. The molecule has 2 heterocycles. The summed E-state index contributed by atoms with van der Waals surface area (Å²) in [5.74, 6) is -1.09. The standard InChI is InChI=1S/C27H31FN2O5/c1-18(2)17-35-22-9-5-20(6-10-22)25(31)23-24(19-3-7-21(28)8-4-19)30(27(33)26(23)32)12-11-29-13-15-34-16-14-29/h3-10,18,24,31H,11-17H2,1-2H3. The van der Waals surface area contributed by atoms with Gasteiger partial charge in [0, 0.05) is 31.7 Å². The zero-order valence-corrected chi connectivity index (χ0v) is 20.1. The lowest BCUT2D eigenvalue weighted by Crippen LogP contribution is -2.42. The number of amides is 1. The van der Waals surface area contributed by atoms with Crippen molar-refractivity contribution in [3.63, 3.8) is 0 Å². The highest BCUT2D eigenvalue weighted by Gasteiger charge is 2.46. The Bertz CT molecular complexity index is 1080. The summed E-state index contributed by atoms with van der Waals surface area (Å²) in [5, 5.41) is 11.2. The second-order valence-electron chi connectivity index (χ2n) is 9.23. The van der Waals surface area contributed by atoms with E-state index in [0.717, 1.165) is 13.1 Å². The Balaban J connectivity index is 1.66. The maximum atomic E-state index is 13.6. The average molecular weight is 483 g/mol. The van der Waals surface area contributed by atoms with Crippen molar-refractivity contribution in [2.45, 2.75) is 19.9 Å². The van der Waals surface area contributed by atoms with Crippen molar-refractivity contribution in [1.29, 1.82) is 0 Å². The van der Waals surface area contributed by atoms with E-state index in [0.29, 0.717) is 55.7 Å². The summed E-state index contributed by atoms with van der Waals surface area (Å²) in [6.07, 6.45) is 0. The molecule has 2 aliphatic rings. The summed E-state index contributed by atoms with van der Waals surface area (Å²) in [5.41, 5.74) is 0.964. The first-order valence-electron chi connectivity index (χ1n) is 11.9. The van der Waals surface area contributed by atoms with E-state index in [1.807, 2.05) is 13.8 Å². The maximum Gasteiger partial charge on any atom is 0.295 e. The first kappa shape index (κ1) is 24.9. The second kappa shape index (κ2) is 11.0. The molecular weight excluding hydrogens is 451 g/mol. The Kier molecular flexibility index (Phi) is 7.83. The molecule has 7 nitrogen and oxygen atoms in total. The molecule has 2 aromatic carbocycles.